The minimum absolute atomic E-state index is 0.000877. The van der Waals surface area contributed by atoms with Crippen molar-refractivity contribution in [2.45, 2.75) is 6.92 Å². The van der Waals surface area contributed by atoms with E-state index < -0.39 is 7.26 Å². The van der Waals surface area contributed by atoms with E-state index >= 15 is 0 Å². The lowest BCUT2D eigenvalue weighted by Crippen LogP contribution is -2.37. The summed E-state index contributed by atoms with van der Waals surface area (Å²) in [4.78, 5) is 13.4. The van der Waals surface area contributed by atoms with Gasteiger partial charge in [-0.25, -0.2) is 0 Å². The van der Waals surface area contributed by atoms with Gasteiger partial charge in [-0.15, -0.1) is 0 Å². The molecular weight excluding hydrogens is 413 g/mol. The predicted molar refractivity (Wildman–Crippen MR) is 136 cm³/mol. The van der Waals surface area contributed by atoms with Crippen LogP contribution in [0.25, 0.3) is 0 Å². The van der Waals surface area contributed by atoms with E-state index in [0.717, 1.165) is 11.4 Å². The zero-order valence-corrected chi connectivity index (χ0v) is 19.0. The Morgan fingerprint density at radius 3 is 1.53 bits per heavy atom. The second-order valence-corrected chi connectivity index (χ2v) is 11.0. The maximum Gasteiger partial charge on any atom is 0.263 e. The van der Waals surface area contributed by atoms with Crippen molar-refractivity contribution in [3.63, 3.8) is 0 Å². The first-order chi connectivity index (χ1) is 15.7. The lowest BCUT2D eigenvalue weighted by Gasteiger charge is -2.27. The Bertz CT molecular complexity index is 1030. The lowest BCUT2D eigenvalue weighted by molar-refractivity contribution is -0.113. The fourth-order valence-electron chi connectivity index (χ4n) is 3.99. The average molecular weight is 441 g/mol. The largest absolute Gasteiger partial charge is 0.494 e. The number of benzene rings is 4. The van der Waals surface area contributed by atoms with Crippen molar-refractivity contribution in [2.75, 3.05) is 18.1 Å². The Balaban J connectivity index is 1.74. The fourth-order valence-corrected chi connectivity index (χ4v) is 7.98. The minimum atomic E-state index is -2.20. The Morgan fingerprint density at radius 2 is 1.12 bits per heavy atom. The Hall–Kier alpha value is -3.42. The van der Waals surface area contributed by atoms with Crippen LogP contribution in [0.3, 0.4) is 0 Å². The lowest BCUT2D eigenvalue weighted by atomic mass is 10.3. The number of anilines is 1. The van der Waals surface area contributed by atoms with Gasteiger partial charge in [0.1, 0.15) is 28.9 Å². The molecule has 0 saturated carbocycles. The standard InChI is InChI=1S/C28H26NO2P/c1-2-31-24-20-18-23(19-21-24)29-28(30)22-32(25-12-6-3-7-13-25,26-14-8-4-9-15-26)27-16-10-5-11-17-27/h3-21H,2,22H2,1H3/p+1. The number of carbonyl (C=O) groups excluding carboxylic acids is 1. The highest BCUT2D eigenvalue weighted by Gasteiger charge is 2.47. The van der Waals surface area contributed by atoms with Crippen molar-refractivity contribution < 1.29 is 9.53 Å². The molecule has 0 fully saturated rings. The minimum Gasteiger partial charge on any atom is -0.494 e. The molecular formula is C28H27NO2P+. The van der Waals surface area contributed by atoms with Crippen LogP contribution < -0.4 is 26.0 Å². The number of carbonyl (C=O) groups is 1. The smallest absolute Gasteiger partial charge is 0.263 e. The van der Waals surface area contributed by atoms with Gasteiger partial charge >= 0.3 is 0 Å². The monoisotopic (exact) mass is 440 g/mol. The molecule has 4 aromatic rings. The van der Waals surface area contributed by atoms with Crippen molar-refractivity contribution in [2.24, 2.45) is 0 Å². The number of hydrogen-bond acceptors (Lipinski definition) is 2. The van der Waals surface area contributed by atoms with Crippen molar-refractivity contribution in [3.8, 4) is 5.75 Å². The molecule has 3 nitrogen and oxygen atoms in total. The van der Waals surface area contributed by atoms with Crippen molar-refractivity contribution in [1.82, 2.24) is 0 Å². The summed E-state index contributed by atoms with van der Waals surface area (Å²) in [6.07, 6.45) is 0.387. The van der Waals surface area contributed by atoms with Crippen molar-refractivity contribution in [3.05, 3.63) is 115 Å². The highest BCUT2D eigenvalue weighted by molar-refractivity contribution is 7.96. The molecule has 0 aromatic heterocycles. The molecule has 160 valence electrons. The van der Waals surface area contributed by atoms with Gasteiger partial charge in [0, 0.05) is 5.69 Å². The molecule has 0 spiro atoms. The number of rotatable bonds is 8. The summed E-state index contributed by atoms with van der Waals surface area (Å²) in [6, 6.07) is 38.8. The molecule has 32 heavy (non-hydrogen) atoms. The number of ether oxygens (including phenoxy) is 1. The van der Waals surface area contributed by atoms with Crippen LogP contribution in [-0.2, 0) is 4.79 Å². The maximum atomic E-state index is 13.4. The van der Waals surface area contributed by atoms with Crippen LogP contribution in [-0.4, -0.2) is 18.7 Å². The third-order valence-electron chi connectivity index (χ3n) is 5.42. The van der Waals surface area contributed by atoms with Gasteiger partial charge in [0.25, 0.3) is 5.91 Å². The van der Waals surface area contributed by atoms with E-state index in [-0.39, 0.29) is 5.91 Å². The van der Waals surface area contributed by atoms with Gasteiger partial charge in [0.15, 0.2) is 6.16 Å². The number of hydrogen-bond donors (Lipinski definition) is 1. The van der Waals surface area contributed by atoms with Crippen LogP contribution in [0.4, 0.5) is 5.69 Å². The van der Waals surface area contributed by atoms with Gasteiger partial charge in [-0.05, 0) is 67.6 Å². The molecule has 4 aromatic carbocycles. The third-order valence-corrected chi connectivity index (χ3v) is 9.72. The van der Waals surface area contributed by atoms with Gasteiger partial charge in [0.2, 0.25) is 0 Å². The van der Waals surface area contributed by atoms with E-state index in [1.54, 1.807) is 0 Å². The van der Waals surface area contributed by atoms with E-state index in [9.17, 15) is 4.79 Å². The Labute approximate surface area is 190 Å². The van der Waals surface area contributed by atoms with E-state index in [2.05, 4.69) is 78.1 Å². The maximum absolute atomic E-state index is 13.4. The van der Waals surface area contributed by atoms with Crippen LogP contribution in [0.2, 0.25) is 0 Å². The zero-order chi connectivity index (χ0) is 22.2. The van der Waals surface area contributed by atoms with Gasteiger partial charge in [-0.3, -0.25) is 4.79 Å². The van der Waals surface area contributed by atoms with Gasteiger partial charge in [0.05, 0.1) is 6.61 Å². The van der Waals surface area contributed by atoms with Gasteiger partial charge < -0.3 is 10.1 Å². The summed E-state index contributed by atoms with van der Waals surface area (Å²) < 4.78 is 5.51. The van der Waals surface area contributed by atoms with Crippen molar-refractivity contribution in [1.29, 1.82) is 0 Å². The molecule has 0 atom stereocenters. The first-order valence-corrected chi connectivity index (χ1v) is 12.8. The van der Waals surface area contributed by atoms with Crippen LogP contribution in [0.15, 0.2) is 115 Å². The van der Waals surface area contributed by atoms with Crippen molar-refractivity contribution >= 4 is 34.8 Å². The Morgan fingerprint density at radius 1 is 0.688 bits per heavy atom. The molecule has 0 heterocycles. The summed E-state index contributed by atoms with van der Waals surface area (Å²) >= 11 is 0. The first kappa shape index (κ1) is 21.8. The van der Waals surface area contributed by atoms with Crippen LogP contribution in [0, 0.1) is 0 Å². The first-order valence-electron chi connectivity index (χ1n) is 10.8. The number of amides is 1. The van der Waals surface area contributed by atoms with E-state index in [1.165, 1.54) is 15.9 Å². The summed E-state index contributed by atoms with van der Waals surface area (Å²) in [5.74, 6) is 0.796. The van der Waals surface area contributed by atoms with Crippen LogP contribution in [0.1, 0.15) is 6.92 Å². The molecule has 0 saturated heterocycles. The molecule has 0 aliphatic rings. The molecule has 0 aliphatic carbocycles. The summed E-state index contributed by atoms with van der Waals surface area (Å²) in [7, 11) is -2.20. The second kappa shape index (κ2) is 10.3. The topological polar surface area (TPSA) is 38.3 Å². The normalized spacial score (nSPS) is 11.0. The molecule has 0 radical (unpaired) electrons. The van der Waals surface area contributed by atoms with Gasteiger partial charge in [-0.1, -0.05) is 54.6 Å². The molecule has 4 heteroatoms. The molecule has 0 aliphatic heterocycles. The fraction of sp³-hybridized carbons (Fsp3) is 0.107. The summed E-state index contributed by atoms with van der Waals surface area (Å²) in [5, 5.41) is 6.69. The number of nitrogens with one attached hydrogen (secondary N) is 1. The Kier molecular flexibility index (Phi) is 6.99. The van der Waals surface area contributed by atoms with Crippen LogP contribution >= 0.6 is 7.26 Å². The summed E-state index contributed by atoms with van der Waals surface area (Å²) in [5.41, 5.74) is 0.769. The molecule has 1 amide bonds. The zero-order valence-electron chi connectivity index (χ0n) is 18.1. The summed E-state index contributed by atoms with van der Waals surface area (Å²) in [6.45, 7) is 2.57. The average Bonchev–Trinajstić information content (AvgIpc) is 2.85. The molecule has 0 unspecified atom stereocenters. The predicted octanol–water partition coefficient (Wildman–Crippen LogP) is 5.02. The van der Waals surface area contributed by atoms with E-state index in [1.807, 2.05) is 49.4 Å². The molecule has 0 bridgehead atoms. The molecule has 4 rings (SSSR count). The SMILES string of the molecule is CCOc1ccc(NC(=O)C[P+](c2ccccc2)(c2ccccc2)c2ccccc2)cc1. The third kappa shape index (κ3) is 4.74. The highest BCUT2D eigenvalue weighted by Crippen LogP contribution is 2.55. The van der Waals surface area contributed by atoms with Gasteiger partial charge in [-0.2, -0.15) is 0 Å². The quantitative estimate of drug-likeness (QED) is 0.391. The molecule has 1 N–H and O–H groups in total. The van der Waals surface area contributed by atoms with E-state index in [4.69, 9.17) is 4.74 Å². The highest BCUT2D eigenvalue weighted by atomic mass is 31.2. The second-order valence-electron chi connectivity index (χ2n) is 7.48. The van der Waals surface area contributed by atoms with E-state index in [0.29, 0.717) is 12.8 Å². The van der Waals surface area contributed by atoms with Crippen LogP contribution in [0.5, 0.6) is 5.75 Å².